The van der Waals surface area contributed by atoms with E-state index >= 15 is 0 Å². The Balaban J connectivity index is 0.000000220. The Kier molecular flexibility index (Phi) is 9.15. The van der Waals surface area contributed by atoms with Gasteiger partial charge >= 0.3 is 11.9 Å². The molecule has 40 heavy (non-hydrogen) atoms. The number of fused-ring (bicyclic) bond motifs is 2. The van der Waals surface area contributed by atoms with Crippen molar-refractivity contribution in [2.75, 3.05) is 14.2 Å². The third-order valence-electron chi connectivity index (χ3n) is 6.65. The van der Waals surface area contributed by atoms with Crippen molar-refractivity contribution in [3.05, 3.63) is 81.9 Å². The molecule has 2 aromatic carbocycles. The second-order valence-electron chi connectivity index (χ2n) is 9.29. The van der Waals surface area contributed by atoms with Crippen LogP contribution in [-0.4, -0.2) is 59.5 Å². The standard InChI is InChI=1S/2C15H14O5/c2*1-8(7-11(16)20-2)12-13(17)9-5-3-4-6-10(9)14(18)15(12)19/h2*3-6,8,17H,7H2,1-2H3/t2*8-/m11/s1. The highest BCUT2D eigenvalue weighted by molar-refractivity contribution is 6.53. The average molecular weight is 549 g/mol. The molecule has 2 atom stereocenters. The summed E-state index contributed by atoms with van der Waals surface area (Å²) < 4.78 is 9.08. The van der Waals surface area contributed by atoms with Crippen molar-refractivity contribution < 1.29 is 48.5 Å². The summed E-state index contributed by atoms with van der Waals surface area (Å²) in [6.07, 6.45) is -0.145. The summed E-state index contributed by atoms with van der Waals surface area (Å²) in [4.78, 5) is 70.8. The second kappa shape index (κ2) is 12.3. The monoisotopic (exact) mass is 548 g/mol. The molecular weight excluding hydrogens is 520 g/mol. The summed E-state index contributed by atoms with van der Waals surface area (Å²) in [5.74, 6) is -5.51. The molecule has 2 aliphatic rings. The normalized spacial score (nSPS) is 15.9. The Bertz CT molecular complexity index is 1370. The third-order valence-corrected chi connectivity index (χ3v) is 6.65. The first-order chi connectivity index (χ1) is 18.9. The van der Waals surface area contributed by atoms with E-state index in [1.54, 1.807) is 50.2 Å². The van der Waals surface area contributed by atoms with E-state index in [-0.39, 0.29) is 46.6 Å². The van der Waals surface area contributed by atoms with E-state index in [0.717, 1.165) is 0 Å². The van der Waals surface area contributed by atoms with Gasteiger partial charge in [-0.2, -0.15) is 0 Å². The maximum Gasteiger partial charge on any atom is 0.306 e. The molecule has 0 amide bonds. The molecule has 0 saturated heterocycles. The van der Waals surface area contributed by atoms with Gasteiger partial charge in [0, 0.05) is 33.4 Å². The predicted molar refractivity (Wildman–Crippen MR) is 142 cm³/mol. The fraction of sp³-hybridized carbons (Fsp3) is 0.267. The van der Waals surface area contributed by atoms with Gasteiger partial charge < -0.3 is 19.7 Å². The second-order valence-corrected chi connectivity index (χ2v) is 9.29. The lowest BCUT2D eigenvalue weighted by molar-refractivity contribution is -0.142. The molecular formula is C30H28O10. The van der Waals surface area contributed by atoms with Crippen LogP contribution < -0.4 is 0 Å². The molecule has 2 N–H and O–H groups in total. The van der Waals surface area contributed by atoms with E-state index in [9.17, 15) is 39.0 Å². The molecule has 0 radical (unpaired) electrons. The van der Waals surface area contributed by atoms with Crippen LogP contribution in [0.4, 0.5) is 0 Å². The number of esters is 2. The van der Waals surface area contributed by atoms with Crippen LogP contribution in [0.5, 0.6) is 0 Å². The van der Waals surface area contributed by atoms with E-state index < -0.39 is 46.9 Å². The molecule has 0 fully saturated rings. The van der Waals surface area contributed by atoms with Crippen molar-refractivity contribution in [3.8, 4) is 0 Å². The van der Waals surface area contributed by atoms with Gasteiger partial charge in [-0.15, -0.1) is 0 Å². The first kappa shape index (κ1) is 29.7. The van der Waals surface area contributed by atoms with E-state index in [4.69, 9.17) is 0 Å². The first-order valence-corrected chi connectivity index (χ1v) is 12.3. The lowest BCUT2D eigenvalue weighted by Crippen LogP contribution is -2.28. The SMILES string of the molecule is COC(=O)C[C@@H](C)C1=C(O)c2ccccc2C(=O)C1=O.COC(=O)C[C@@H](C)C1=C(O)c2ccccc2C(=O)C1=O. The number of Topliss-reactive ketones (excluding diaryl/α,β-unsaturated/α-hetero) is 4. The third kappa shape index (κ3) is 5.75. The Morgan fingerprint density at radius 2 is 0.900 bits per heavy atom. The lowest BCUT2D eigenvalue weighted by Gasteiger charge is -2.21. The molecule has 4 rings (SSSR count). The highest BCUT2D eigenvalue weighted by Crippen LogP contribution is 2.34. The summed E-state index contributed by atoms with van der Waals surface area (Å²) in [7, 11) is 2.48. The van der Waals surface area contributed by atoms with Crippen LogP contribution in [0, 0.1) is 11.8 Å². The van der Waals surface area contributed by atoms with E-state index in [0.29, 0.717) is 11.1 Å². The van der Waals surface area contributed by atoms with Gasteiger partial charge in [-0.1, -0.05) is 62.4 Å². The molecule has 208 valence electrons. The number of allylic oxidation sites excluding steroid dienone is 2. The van der Waals surface area contributed by atoms with Gasteiger partial charge in [0.15, 0.2) is 0 Å². The van der Waals surface area contributed by atoms with Crippen LogP contribution in [0.3, 0.4) is 0 Å². The number of carbonyl (C=O) groups is 6. The number of methoxy groups -OCH3 is 2. The molecule has 0 saturated carbocycles. The summed E-state index contributed by atoms with van der Waals surface area (Å²) >= 11 is 0. The molecule has 0 aromatic heterocycles. The Hall–Kier alpha value is -4.86. The topological polar surface area (TPSA) is 161 Å². The van der Waals surface area contributed by atoms with Crippen LogP contribution in [0.2, 0.25) is 0 Å². The Labute approximate surface area is 229 Å². The Morgan fingerprint density at radius 1 is 0.600 bits per heavy atom. The highest BCUT2D eigenvalue weighted by atomic mass is 16.5. The molecule has 0 bridgehead atoms. The van der Waals surface area contributed by atoms with Crippen molar-refractivity contribution in [3.63, 3.8) is 0 Å². The highest BCUT2D eigenvalue weighted by Gasteiger charge is 2.37. The van der Waals surface area contributed by atoms with Gasteiger partial charge in [-0.25, -0.2) is 0 Å². The van der Waals surface area contributed by atoms with E-state index in [1.807, 2.05) is 0 Å². The van der Waals surface area contributed by atoms with Crippen LogP contribution >= 0.6 is 0 Å². The number of hydrogen-bond donors (Lipinski definition) is 2. The fourth-order valence-corrected chi connectivity index (χ4v) is 4.55. The number of ether oxygens (including phenoxy) is 2. The Morgan fingerprint density at radius 3 is 1.20 bits per heavy atom. The zero-order chi connectivity index (χ0) is 29.7. The molecule has 0 aliphatic heterocycles. The van der Waals surface area contributed by atoms with Gasteiger partial charge in [0.2, 0.25) is 23.1 Å². The number of benzene rings is 2. The van der Waals surface area contributed by atoms with Crippen LogP contribution in [0.1, 0.15) is 58.5 Å². The maximum absolute atomic E-state index is 12.1. The summed E-state index contributed by atoms with van der Waals surface area (Å²) in [6, 6.07) is 12.7. The maximum atomic E-state index is 12.1. The number of hydrogen-bond acceptors (Lipinski definition) is 10. The predicted octanol–water partition coefficient (Wildman–Crippen LogP) is 3.84. The van der Waals surface area contributed by atoms with Gasteiger partial charge in [0.25, 0.3) is 0 Å². The zero-order valence-corrected chi connectivity index (χ0v) is 22.3. The molecule has 0 heterocycles. The molecule has 0 spiro atoms. The smallest absolute Gasteiger partial charge is 0.306 e. The van der Waals surface area contributed by atoms with Crippen LogP contribution in [0.25, 0.3) is 11.5 Å². The quantitative estimate of drug-likeness (QED) is 0.401. The van der Waals surface area contributed by atoms with Gasteiger partial charge in [-0.05, 0) is 11.8 Å². The van der Waals surface area contributed by atoms with E-state index in [1.165, 1.54) is 26.4 Å². The molecule has 10 heteroatoms. The number of carbonyl (C=O) groups excluding carboxylic acids is 6. The molecule has 0 unspecified atom stereocenters. The summed E-state index contributed by atoms with van der Waals surface area (Å²) in [5.41, 5.74) is 0.957. The van der Waals surface area contributed by atoms with Crippen molar-refractivity contribution >= 4 is 46.6 Å². The molecule has 2 aliphatic carbocycles. The van der Waals surface area contributed by atoms with Crippen molar-refractivity contribution in [2.45, 2.75) is 26.7 Å². The minimum atomic E-state index is -0.766. The van der Waals surface area contributed by atoms with Crippen molar-refractivity contribution in [1.82, 2.24) is 0 Å². The lowest BCUT2D eigenvalue weighted by atomic mass is 9.82. The van der Waals surface area contributed by atoms with Gasteiger partial charge in [0.05, 0.1) is 27.1 Å². The average Bonchev–Trinajstić information content (AvgIpc) is 2.95. The number of aliphatic hydroxyl groups is 2. The number of aliphatic hydroxyl groups excluding tert-OH is 2. The minimum Gasteiger partial charge on any atom is -0.507 e. The largest absolute Gasteiger partial charge is 0.507 e. The molecule has 10 nitrogen and oxygen atoms in total. The number of rotatable bonds is 6. The van der Waals surface area contributed by atoms with Gasteiger partial charge in [-0.3, -0.25) is 28.8 Å². The number of ketones is 4. The summed E-state index contributed by atoms with van der Waals surface area (Å²) in [5, 5.41) is 20.4. The van der Waals surface area contributed by atoms with Crippen LogP contribution in [-0.2, 0) is 28.7 Å². The van der Waals surface area contributed by atoms with Crippen molar-refractivity contribution in [2.24, 2.45) is 11.8 Å². The fourth-order valence-electron chi connectivity index (χ4n) is 4.55. The molecule has 2 aromatic rings. The van der Waals surface area contributed by atoms with E-state index in [2.05, 4.69) is 9.47 Å². The zero-order valence-electron chi connectivity index (χ0n) is 22.3. The van der Waals surface area contributed by atoms with Crippen LogP contribution in [0.15, 0.2) is 59.7 Å². The summed E-state index contributed by atoms with van der Waals surface area (Å²) in [6.45, 7) is 3.20. The van der Waals surface area contributed by atoms with Crippen molar-refractivity contribution in [1.29, 1.82) is 0 Å². The first-order valence-electron chi connectivity index (χ1n) is 12.3. The van der Waals surface area contributed by atoms with Gasteiger partial charge in [0.1, 0.15) is 11.5 Å². The minimum absolute atomic E-state index is 0.0286.